The third kappa shape index (κ3) is 2.95. The number of benzene rings is 2. The van der Waals surface area contributed by atoms with Crippen LogP contribution in [0.5, 0.6) is 5.75 Å². The zero-order valence-electron chi connectivity index (χ0n) is 11.6. The number of fused-ring (bicyclic) bond motifs is 1. The molecule has 2 aromatic rings. The second-order valence-corrected chi connectivity index (χ2v) is 5.22. The van der Waals surface area contributed by atoms with E-state index in [1.54, 1.807) is 24.3 Å². The fourth-order valence-electron chi connectivity index (χ4n) is 2.62. The largest absolute Gasteiger partial charge is 0.423 e. The molecule has 0 aliphatic heterocycles. The van der Waals surface area contributed by atoms with Gasteiger partial charge in [0.15, 0.2) is 0 Å². The average Bonchev–Trinajstić information content (AvgIpc) is 2.55. The Hall–Kier alpha value is -2.60. The molecule has 0 atom stereocenters. The quantitative estimate of drug-likeness (QED) is 0.622. The highest BCUT2D eigenvalue weighted by molar-refractivity contribution is 5.91. The first-order valence-corrected chi connectivity index (χ1v) is 7.10. The van der Waals surface area contributed by atoms with Crippen LogP contribution >= 0.6 is 0 Å². The molecule has 104 valence electrons. The van der Waals surface area contributed by atoms with Gasteiger partial charge in [-0.25, -0.2) is 4.79 Å². The van der Waals surface area contributed by atoms with Gasteiger partial charge in [-0.15, -0.1) is 0 Å². The van der Waals surface area contributed by atoms with Crippen LogP contribution in [0.25, 0.3) is 0 Å². The van der Waals surface area contributed by atoms with Crippen LogP contribution in [-0.2, 0) is 12.8 Å². The lowest BCUT2D eigenvalue weighted by Crippen LogP contribution is -2.11. The van der Waals surface area contributed by atoms with Gasteiger partial charge in [-0.05, 0) is 73.2 Å². The summed E-state index contributed by atoms with van der Waals surface area (Å²) in [4.78, 5) is 12.2. The summed E-state index contributed by atoms with van der Waals surface area (Å²) in [6, 6.07) is 14.4. The van der Waals surface area contributed by atoms with Crippen LogP contribution in [0.3, 0.4) is 0 Å². The number of esters is 1. The summed E-state index contributed by atoms with van der Waals surface area (Å²) in [6.07, 6.45) is 4.54. The second kappa shape index (κ2) is 5.80. The van der Waals surface area contributed by atoms with Gasteiger partial charge in [-0.1, -0.05) is 6.07 Å². The molecule has 3 rings (SSSR count). The molecule has 0 bridgehead atoms. The molecule has 0 heterocycles. The molecule has 0 saturated carbocycles. The molecule has 3 heteroatoms. The van der Waals surface area contributed by atoms with E-state index >= 15 is 0 Å². The minimum atomic E-state index is -0.354. The predicted octanol–water partition coefficient (Wildman–Crippen LogP) is 3.66. The van der Waals surface area contributed by atoms with Crippen LogP contribution in [0.1, 0.15) is 39.9 Å². The minimum absolute atomic E-state index is 0.354. The Morgan fingerprint density at radius 2 is 1.71 bits per heavy atom. The Labute approximate surface area is 123 Å². The third-order valence-corrected chi connectivity index (χ3v) is 3.78. The maximum absolute atomic E-state index is 12.2. The Bertz CT molecular complexity index is 711. The van der Waals surface area contributed by atoms with Gasteiger partial charge in [-0.3, -0.25) is 0 Å². The van der Waals surface area contributed by atoms with E-state index in [4.69, 9.17) is 10.00 Å². The standard InChI is InChI=1S/C18H15NO2/c19-12-13-5-9-17(10-6-13)21-18(20)16-8-7-14-3-1-2-4-15(14)11-16/h5-11H,1-4H2. The summed E-state index contributed by atoms with van der Waals surface area (Å²) in [5.41, 5.74) is 3.73. The zero-order chi connectivity index (χ0) is 14.7. The monoisotopic (exact) mass is 277 g/mol. The lowest BCUT2D eigenvalue weighted by atomic mass is 9.90. The van der Waals surface area contributed by atoms with Gasteiger partial charge >= 0.3 is 5.97 Å². The summed E-state index contributed by atoms with van der Waals surface area (Å²) in [5.74, 6) is 0.102. The Kier molecular flexibility index (Phi) is 3.70. The summed E-state index contributed by atoms with van der Waals surface area (Å²) in [7, 11) is 0. The highest BCUT2D eigenvalue weighted by Gasteiger charge is 2.14. The highest BCUT2D eigenvalue weighted by Crippen LogP contribution is 2.23. The molecule has 0 fully saturated rings. The average molecular weight is 277 g/mol. The maximum atomic E-state index is 12.2. The van der Waals surface area contributed by atoms with E-state index in [-0.39, 0.29) is 5.97 Å². The zero-order valence-corrected chi connectivity index (χ0v) is 11.6. The fraction of sp³-hybridized carbons (Fsp3) is 0.222. The van der Waals surface area contributed by atoms with Gasteiger partial charge in [0.1, 0.15) is 5.75 Å². The van der Waals surface area contributed by atoms with E-state index in [1.807, 2.05) is 24.3 Å². The van der Waals surface area contributed by atoms with Gasteiger partial charge in [0, 0.05) is 0 Å². The van der Waals surface area contributed by atoms with Crippen molar-refractivity contribution >= 4 is 5.97 Å². The molecule has 1 aliphatic rings. The molecule has 21 heavy (non-hydrogen) atoms. The van der Waals surface area contributed by atoms with Crippen molar-refractivity contribution in [2.75, 3.05) is 0 Å². The second-order valence-electron chi connectivity index (χ2n) is 5.22. The third-order valence-electron chi connectivity index (χ3n) is 3.78. The summed E-state index contributed by atoms with van der Waals surface area (Å²) in [5, 5.41) is 8.74. The molecule has 1 aliphatic carbocycles. The van der Waals surface area contributed by atoms with Crippen LogP contribution in [0.4, 0.5) is 0 Å². The number of rotatable bonds is 2. The number of carbonyl (C=O) groups excluding carboxylic acids is 1. The van der Waals surface area contributed by atoms with E-state index in [9.17, 15) is 4.79 Å². The summed E-state index contributed by atoms with van der Waals surface area (Å²) < 4.78 is 5.34. The molecular formula is C18H15NO2. The van der Waals surface area contributed by atoms with Crippen molar-refractivity contribution in [1.29, 1.82) is 5.26 Å². The van der Waals surface area contributed by atoms with Crippen molar-refractivity contribution in [2.45, 2.75) is 25.7 Å². The summed E-state index contributed by atoms with van der Waals surface area (Å²) in [6.45, 7) is 0. The van der Waals surface area contributed by atoms with Crippen LogP contribution in [0, 0.1) is 11.3 Å². The van der Waals surface area contributed by atoms with Crippen molar-refractivity contribution in [3.63, 3.8) is 0 Å². The number of nitrogens with zero attached hydrogens (tertiary/aromatic N) is 1. The molecular weight excluding hydrogens is 262 g/mol. The smallest absolute Gasteiger partial charge is 0.343 e. The van der Waals surface area contributed by atoms with Crippen molar-refractivity contribution in [2.24, 2.45) is 0 Å². The SMILES string of the molecule is N#Cc1ccc(OC(=O)c2ccc3c(c2)CCCC3)cc1. The van der Waals surface area contributed by atoms with Crippen LogP contribution in [0.2, 0.25) is 0 Å². The van der Waals surface area contributed by atoms with Crippen LogP contribution in [0.15, 0.2) is 42.5 Å². The molecule has 2 aromatic carbocycles. The molecule has 0 aromatic heterocycles. The number of carbonyl (C=O) groups is 1. The number of hydrogen-bond donors (Lipinski definition) is 0. The van der Waals surface area contributed by atoms with E-state index in [1.165, 1.54) is 24.0 Å². The minimum Gasteiger partial charge on any atom is -0.423 e. The Balaban J connectivity index is 1.77. The highest BCUT2D eigenvalue weighted by atomic mass is 16.5. The van der Waals surface area contributed by atoms with Gasteiger partial charge < -0.3 is 4.74 Å². The van der Waals surface area contributed by atoms with Crippen molar-refractivity contribution < 1.29 is 9.53 Å². The first-order chi connectivity index (χ1) is 10.3. The first-order valence-electron chi connectivity index (χ1n) is 7.10. The number of nitriles is 1. The van der Waals surface area contributed by atoms with E-state index in [0.29, 0.717) is 16.9 Å². The van der Waals surface area contributed by atoms with E-state index < -0.39 is 0 Å². The van der Waals surface area contributed by atoms with Gasteiger partial charge in [0.05, 0.1) is 17.2 Å². The van der Waals surface area contributed by atoms with Gasteiger partial charge in [0.2, 0.25) is 0 Å². The van der Waals surface area contributed by atoms with Crippen LogP contribution < -0.4 is 4.74 Å². The lowest BCUT2D eigenvalue weighted by Gasteiger charge is -2.16. The maximum Gasteiger partial charge on any atom is 0.343 e. The normalized spacial score (nSPS) is 13.1. The molecule has 0 amide bonds. The molecule has 0 spiro atoms. The Morgan fingerprint density at radius 1 is 1.00 bits per heavy atom. The topological polar surface area (TPSA) is 50.1 Å². The lowest BCUT2D eigenvalue weighted by molar-refractivity contribution is 0.0734. The summed E-state index contributed by atoms with van der Waals surface area (Å²) >= 11 is 0. The number of ether oxygens (including phenoxy) is 1. The van der Waals surface area contributed by atoms with Crippen molar-refractivity contribution in [1.82, 2.24) is 0 Å². The molecule has 0 unspecified atom stereocenters. The molecule has 0 N–H and O–H groups in total. The van der Waals surface area contributed by atoms with E-state index in [0.717, 1.165) is 12.8 Å². The number of hydrogen-bond acceptors (Lipinski definition) is 3. The molecule has 0 saturated heterocycles. The van der Waals surface area contributed by atoms with Crippen LogP contribution in [-0.4, -0.2) is 5.97 Å². The van der Waals surface area contributed by atoms with Gasteiger partial charge in [-0.2, -0.15) is 5.26 Å². The first kappa shape index (κ1) is 13.4. The fourth-order valence-corrected chi connectivity index (χ4v) is 2.62. The van der Waals surface area contributed by atoms with Gasteiger partial charge in [0.25, 0.3) is 0 Å². The molecule has 3 nitrogen and oxygen atoms in total. The number of aryl methyl sites for hydroxylation is 2. The predicted molar refractivity (Wildman–Crippen MR) is 79.2 cm³/mol. The van der Waals surface area contributed by atoms with Crippen molar-refractivity contribution in [3.05, 3.63) is 64.7 Å². The van der Waals surface area contributed by atoms with Crippen molar-refractivity contribution in [3.8, 4) is 11.8 Å². The Morgan fingerprint density at radius 3 is 2.43 bits per heavy atom. The van der Waals surface area contributed by atoms with E-state index in [2.05, 4.69) is 0 Å². The molecule has 0 radical (unpaired) electrons.